The van der Waals surface area contributed by atoms with Crippen molar-refractivity contribution in [3.8, 4) is 5.75 Å². The third-order valence-electron chi connectivity index (χ3n) is 5.47. The van der Waals surface area contributed by atoms with Crippen molar-refractivity contribution in [2.24, 2.45) is 0 Å². The lowest BCUT2D eigenvalue weighted by molar-refractivity contribution is 0.102. The highest BCUT2D eigenvalue weighted by Gasteiger charge is 2.32. The van der Waals surface area contributed by atoms with E-state index in [1.165, 1.54) is 10.6 Å². The number of benzene rings is 3. The van der Waals surface area contributed by atoms with Gasteiger partial charge in [0.2, 0.25) is 10.0 Å². The number of carbonyl (C=O) groups is 1. The number of anilines is 2. The van der Waals surface area contributed by atoms with Gasteiger partial charge in [-0.15, -0.1) is 0 Å². The second kappa shape index (κ2) is 8.67. The van der Waals surface area contributed by atoms with Crippen LogP contribution in [0.25, 0.3) is 0 Å². The Morgan fingerprint density at radius 1 is 1.09 bits per heavy atom. The number of carbonyl (C=O) groups excluding carboxylic acids is 1. The summed E-state index contributed by atoms with van der Waals surface area (Å²) in [7, 11) is -3.37. The van der Waals surface area contributed by atoms with Gasteiger partial charge in [0, 0.05) is 11.6 Å². The number of aryl methyl sites for hydroxylation is 1. The second-order valence-electron chi connectivity index (χ2n) is 8.18. The maximum atomic E-state index is 13.0. The van der Waals surface area contributed by atoms with Gasteiger partial charge >= 0.3 is 0 Å². The zero-order valence-corrected chi connectivity index (χ0v) is 19.1. The summed E-state index contributed by atoms with van der Waals surface area (Å²) in [6, 6.07) is 20.4. The SMILES string of the molecule is Cc1ccc(NC(=O)c2ccc3c(c2)CC(C)N3S(C)(=O)=O)c(OCc2ccccc2)c1. The Labute approximate surface area is 188 Å². The highest BCUT2D eigenvalue weighted by atomic mass is 32.2. The van der Waals surface area contributed by atoms with Gasteiger partial charge in [-0.25, -0.2) is 8.42 Å². The summed E-state index contributed by atoms with van der Waals surface area (Å²) in [5.41, 5.74) is 4.61. The van der Waals surface area contributed by atoms with Crippen molar-refractivity contribution in [2.75, 3.05) is 15.9 Å². The van der Waals surface area contributed by atoms with Crippen LogP contribution in [-0.2, 0) is 23.1 Å². The van der Waals surface area contributed by atoms with Gasteiger partial charge < -0.3 is 10.1 Å². The van der Waals surface area contributed by atoms with Crippen LogP contribution in [0.2, 0.25) is 0 Å². The largest absolute Gasteiger partial charge is 0.487 e. The molecule has 1 heterocycles. The fourth-order valence-corrected chi connectivity index (χ4v) is 5.30. The number of ether oxygens (including phenoxy) is 1. The summed E-state index contributed by atoms with van der Waals surface area (Å²) in [5, 5.41) is 2.94. The molecule has 7 heteroatoms. The fourth-order valence-electron chi connectivity index (χ4n) is 4.03. The van der Waals surface area contributed by atoms with Crippen LogP contribution in [0.3, 0.4) is 0 Å². The molecule has 0 radical (unpaired) electrons. The average molecular weight is 451 g/mol. The molecule has 0 spiro atoms. The van der Waals surface area contributed by atoms with E-state index >= 15 is 0 Å². The first-order valence-electron chi connectivity index (χ1n) is 10.4. The Kier molecular flexibility index (Phi) is 5.93. The third kappa shape index (κ3) is 4.62. The average Bonchev–Trinajstić information content (AvgIpc) is 3.09. The second-order valence-corrected chi connectivity index (χ2v) is 10.0. The van der Waals surface area contributed by atoms with Gasteiger partial charge in [0.1, 0.15) is 12.4 Å². The monoisotopic (exact) mass is 450 g/mol. The molecule has 1 N–H and O–H groups in total. The molecule has 3 aromatic carbocycles. The molecular weight excluding hydrogens is 424 g/mol. The molecule has 1 aliphatic heterocycles. The van der Waals surface area contributed by atoms with Crippen LogP contribution in [0.1, 0.15) is 34.0 Å². The molecule has 0 bridgehead atoms. The molecule has 1 unspecified atom stereocenters. The molecule has 1 atom stereocenters. The van der Waals surface area contributed by atoms with E-state index in [4.69, 9.17) is 4.74 Å². The standard InChI is InChI=1S/C25H26N2O4S/c1-17-9-11-22(24(13-17)31-16-19-7-5-4-6-8-19)26-25(28)20-10-12-23-21(15-20)14-18(2)27(23)32(3,29)30/h4-13,15,18H,14,16H2,1-3H3,(H,26,28). The van der Waals surface area contributed by atoms with Crippen molar-refractivity contribution < 1.29 is 17.9 Å². The van der Waals surface area contributed by atoms with E-state index < -0.39 is 10.0 Å². The molecule has 0 saturated heterocycles. The lowest BCUT2D eigenvalue weighted by Gasteiger charge is -2.22. The maximum Gasteiger partial charge on any atom is 0.255 e. The van der Waals surface area contributed by atoms with Gasteiger partial charge in [0.05, 0.1) is 17.6 Å². The first kappa shape index (κ1) is 21.9. The van der Waals surface area contributed by atoms with Crippen LogP contribution in [0, 0.1) is 6.92 Å². The molecule has 4 rings (SSSR count). The summed E-state index contributed by atoms with van der Waals surface area (Å²) in [4.78, 5) is 13.0. The summed E-state index contributed by atoms with van der Waals surface area (Å²) in [5.74, 6) is 0.326. The number of fused-ring (bicyclic) bond motifs is 1. The summed E-state index contributed by atoms with van der Waals surface area (Å²) in [6.07, 6.45) is 1.77. The molecule has 3 aromatic rings. The molecular formula is C25H26N2O4S. The number of amides is 1. The molecule has 0 aromatic heterocycles. The Morgan fingerprint density at radius 2 is 1.84 bits per heavy atom. The minimum absolute atomic E-state index is 0.173. The van der Waals surface area contributed by atoms with Crippen molar-refractivity contribution in [3.63, 3.8) is 0 Å². The van der Waals surface area contributed by atoms with Crippen molar-refractivity contribution in [1.29, 1.82) is 0 Å². The molecule has 32 heavy (non-hydrogen) atoms. The van der Waals surface area contributed by atoms with Crippen LogP contribution in [-0.4, -0.2) is 26.6 Å². The number of sulfonamides is 1. The highest BCUT2D eigenvalue weighted by Crippen LogP contribution is 2.35. The minimum atomic E-state index is -3.37. The summed E-state index contributed by atoms with van der Waals surface area (Å²) >= 11 is 0. The predicted octanol–water partition coefficient (Wildman–Crippen LogP) is 4.54. The van der Waals surface area contributed by atoms with Crippen LogP contribution in [0.15, 0.2) is 66.7 Å². The molecule has 1 amide bonds. The maximum absolute atomic E-state index is 13.0. The Balaban J connectivity index is 1.54. The van der Waals surface area contributed by atoms with Crippen molar-refractivity contribution in [2.45, 2.75) is 32.9 Å². The van der Waals surface area contributed by atoms with E-state index in [9.17, 15) is 13.2 Å². The van der Waals surface area contributed by atoms with Gasteiger partial charge in [-0.2, -0.15) is 0 Å². The lowest BCUT2D eigenvalue weighted by atomic mass is 10.1. The first-order valence-corrected chi connectivity index (χ1v) is 12.3. The smallest absolute Gasteiger partial charge is 0.255 e. The van der Waals surface area contributed by atoms with Crippen LogP contribution >= 0.6 is 0 Å². The fraction of sp³-hybridized carbons (Fsp3) is 0.240. The van der Waals surface area contributed by atoms with E-state index in [1.807, 2.05) is 62.4 Å². The molecule has 0 saturated carbocycles. The number of nitrogens with one attached hydrogen (secondary N) is 1. The van der Waals surface area contributed by atoms with E-state index in [-0.39, 0.29) is 11.9 Å². The first-order chi connectivity index (χ1) is 15.2. The zero-order valence-electron chi connectivity index (χ0n) is 18.3. The topological polar surface area (TPSA) is 75.7 Å². The lowest BCUT2D eigenvalue weighted by Crippen LogP contribution is -2.34. The van der Waals surface area contributed by atoms with Gasteiger partial charge in [-0.05, 0) is 67.3 Å². The van der Waals surface area contributed by atoms with E-state index in [2.05, 4.69) is 5.32 Å². The molecule has 166 valence electrons. The zero-order chi connectivity index (χ0) is 22.9. The minimum Gasteiger partial charge on any atom is -0.487 e. The Hall–Kier alpha value is -3.32. The molecule has 6 nitrogen and oxygen atoms in total. The van der Waals surface area contributed by atoms with Crippen molar-refractivity contribution in [1.82, 2.24) is 0 Å². The summed E-state index contributed by atoms with van der Waals surface area (Å²) < 4.78 is 31.7. The Morgan fingerprint density at radius 3 is 2.56 bits per heavy atom. The molecule has 0 fully saturated rings. The quantitative estimate of drug-likeness (QED) is 0.598. The Bertz CT molecular complexity index is 1260. The number of hydrogen-bond donors (Lipinski definition) is 1. The van der Waals surface area contributed by atoms with Crippen molar-refractivity contribution >= 4 is 27.3 Å². The van der Waals surface area contributed by atoms with Crippen LogP contribution in [0.4, 0.5) is 11.4 Å². The summed E-state index contributed by atoms with van der Waals surface area (Å²) in [6.45, 7) is 4.23. The normalized spacial score (nSPS) is 15.3. The molecule has 0 aliphatic carbocycles. The van der Waals surface area contributed by atoms with Crippen LogP contribution in [0.5, 0.6) is 5.75 Å². The van der Waals surface area contributed by atoms with Gasteiger partial charge in [-0.1, -0.05) is 36.4 Å². The highest BCUT2D eigenvalue weighted by molar-refractivity contribution is 7.92. The number of hydrogen-bond acceptors (Lipinski definition) is 4. The van der Waals surface area contributed by atoms with Gasteiger partial charge in [0.25, 0.3) is 5.91 Å². The molecule has 1 aliphatic rings. The van der Waals surface area contributed by atoms with E-state index in [0.29, 0.717) is 35.7 Å². The van der Waals surface area contributed by atoms with E-state index in [1.54, 1.807) is 18.2 Å². The predicted molar refractivity (Wildman–Crippen MR) is 127 cm³/mol. The van der Waals surface area contributed by atoms with E-state index in [0.717, 1.165) is 16.7 Å². The number of nitrogens with zero attached hydrogens (tertiary/aromatic N) is 1. The van der Waals surface area contributed by atoms with Crippen molar-refractivity contribution in [3.05, 3.63) is 89.0 Å². The number of rotatable bonds is 6. The third-order valence-corrected chi connectivity index (χ3v) is 6.75. The van der Waals surface area contributed by atoms with Gasteiger partial charge in [-0.3, -0.25) is 9.10 Å². The van der Waals surface area contributed by atoms with Crippen LogP contribution < -0.4 is 14.4 Å². The van der Waals surface area contributed by atoms with Gasteiger partial charge in [0.15, 0.2) is 0 Å².